The fraction of sp³-hybridized carbons (Fsp3) is 0.350. The van der Waals surface area contributed by atoms with E-state index >= 15 is 0 Å². The van der Waals surface area contributed by atoms with Crippen molar-refractivity contribution in [3.63, 3.8) is 0 Å². The van der Waals surface area contributed by atoms with Crippen molar-refractivity contribution in [1.82, 2.24) is 4.31 Å². The van der Waals surface area contributed by atoms with Crippen molar-refractivity contribution in [1.29, 1.82) is 0 Å². The van der Waals surface area contributed by atoms with Gasteiger partial charge in [0.1, 0.15) is 0 Å². The Morgan fingerprint density at radius 3 is 2.22 bits per heavy atom. The van der Waals surface area contributed by atoms with E-state index in [2.05, 4.69) is 21.2 Å². The number of hydrogen-bond donors (Lipinski definition) is 1. The molecule has 2 aromatic rings. The van der Waals surface area contributed by atoms with Gasteiger partial charge >= 0.3 is 0 Å². The van der Waals surface area contributed by atoms with Gasteiger partial charge in [-0.05, 0) is 78.9 Å². The van der Waals surface area contributed by atoms with Crippen molar-refractivity contribution in [2.24, 2.45) is 0 Å². The van der Waals surface area contributed by atoms with Gasteiger partial charge in [-0.25, -0.2) is 8.42 Å². The molecule has 2 aromatic carbocycles. The Labute approximate surface area is 169 Å². The van der Waals surface area contributed by atoms with E-state index in [9.17, 15) is 13.2 Å². The molecule has 0 aromatic heterocycles. The Kier molecular flexibility index (Phi) is 5.74. The van der Waals surface area contributed by atoms with Crippen LogP contribution in [0.5, 0.6) is 0 Å². The third kappa shape index (κ3) is 4.10. The minimum Gasteiger partial charge on any atom is -0.321 e. The lowest BCUT2D eigenvalue weighted by Crippen LogP contribution is -2.28. The van der Waals surface area contributed by atoms with E-state index in [0.29, 0.717) is 23.1 Å². The Balaban J connectivity index is 1.94. The molecule has 1 N–H and O–H groups in total. The number of nitrogens with zero attached hydrogens (tertiary/aromatic N) is 1. The number of carbonyl (C=O) groups excluding carboxylic acids is 1. The maximum Gasteiger partial charge on any atom is 0.256 e. The summed E-state index contributed by atoms with van der Waals surface area (Å²) in [5.41, 5.74) is 4.12. The van der Waals surface area contributed by atoms with Crippen LogP contribution in [0.1, 0.15) is 39.9 Å². The molecule has 3 rings (SSSR count). The summed E-state index contributed by atoms with van der Waals surface area (Å²) in [7, 11) is -3.57. The second-order valence-corrected chi connectivity index (χ2v) is 9.77. The van der Waals surface area contributed by atoms with E-state index in [4.69, 9.17) is 0 Å². The van der Waals surface area contributed by atoms with Crippen LogP contribution in [0.3, 0.4) is 0 Å². The quantitative estimate of drug-likeness (QED) is 0.749. The molecular weight excluding hydrogens is 428 g/mol. The third-order valence-corrected chi connectivity index (χ3v) is 7.39. The van der Waals surface area contributed by atoms with Crippen LogP contribution in [0, 0.1) is 20.8 Å². The largest absolute Gasteiger partial charge is 0.321 e. The van der Waals surface area contributed by atoms with Crippen molar-refractivity contribution in [3.8, 4) is 0 Å². The number of nitrogens with one attached hydrogen (secondary N) is 1. The van der Waals surface area contributed by atoms with Crippen LogP contribution in [-0.4, -0.2) is 31.7 Å². The highest BCUT2D eigenvalue weighted by Gasteiger charge is 2.28. The highest BCUT2D eigenvalue weighted by atomic mass is 79.9. The number of rotatable bonds is 4. The van der Waals surface area contributed by atoms with E-state index in [-0.39, 0.29) is 10.8 Å². The average Bonchev–Trinajstić information content (AvgIpc) is 3.13. The Morgan fingerprint density at radius 2 is 1.63 bits per heavy atom. The maximum absolute atomic E-state index is 12.9. The summed E-state index contributed by atoms with van der Waals surface area (Å²) in [6, 6.07) is 8.62. The van der Waals surface area contributed by atoms with Crippen molar-refractivity contribution in [2.45, 2.75) is 38.5 Å². The summed E-state index contributed by atoms with van der Waals surface area (Å²) >= 11 is 3.37. The second-order valence-electron chi connectivity index (χ2n) is 6.98. The first kappa shape index (κ1) is 20.0. The molecule has 1 heterocycles. The molecule has 1 fully saturated rings. The maximum atomic E-state index is 12.9. The molecule has 0 atom stereocenters. The zero-order valence-electron chi connectivity index (χ0n) is 15.7. The zero-order valence-corrected chi connectivity index (χ0v) is 18.1. The fourth-order valence-electron chi connectivity index (χ4n) is 3.47. The molecule has 1 aliphatic heterocycles. The van der Waals surface area contributed by atoms with Gasteiger partial charge in [-0.1, -0.05) is 17.7 Å². The topological polar surface area (TPSA) is 66.5 Å². The number of carbonyl (C=O) groups is 1. The van der Waals surface area contributed by atoms with Crippen LogP contribution < -0.4 is 5.32 Å². The molecule has 27 heavy (non-hydrogen) atoms. The first-order chi connectivity index (χ1) is 12.7. The number of halogens is 1. The Morgan fingerprint density at radius 1 is 1.04 bits per heavy atom. The summed E-state index contributed by atoms with van der Waals surface area (Å²) in [6.07, 6.45) is 1.74. The normalized spacial score (nSPS) is 15.1. The molecule has 0 spiro atoms. The van der Waals surface area contributed by atoms with E-state index in [1.165, 1.54) is 16.4 Å². The number of hydrogen-bond acceptors (Lipinski definition) is 3. The van der Waals surface area contributed by atoms with Crippen molar-refractivity contribution in [3.05, 3.63) is 57.1 Å². The average molecular weight is 451 g/mol. The standard InChI is InChI=1S/C20H23BrN2O3S/c1-13-10-14(2)19(15(3)11-13)22-20(24)17-12-16(6-7-18(17)21)27(25,26)23-8-4-5-9-23/h6-7,10-12H,4-5,8-9H2,1-3H3,(H,22,24). The van der Waals surface area contributed by atoms with Gasteiger partial charge < -0.3 is 5.32 Å². The predicted molar refractivity (Wildman–Crippen MR) is 111 cm³/mol. The zero-order chi connectivity index (χ0) is 19.8. The van der Waals surface area contributed by atoms with Crippen LogP contribution in [0.4, 0.5) is 5.69 Å². The van der Waals surface area contributed by atoms with Gasteiger partial charge in [0.05, 0.1) is 10.5 Å². The third-order valence-electron chi connectivity index (χ3n) is 4.80. The lowest BCUT2D eigenvalue weighted by Gasteiger charge is -2.17. The molecule has 1 aliphatic rings. The van der Waals surface area contributed by atoms with Gasteiger partial charge in [0.2, 0.25) is 10.0 Å². The molecule has 144 valence electrons. The minimum absolute atomic E-state index is 0.148. The fourth-order valence-corrected chi connectivity index (χ4v) is 5.44. The highest BCUT2D eigenvalue weighted by molar-refractivity contribution is 9.10. The van der Waals surface area contributed by atoms with Crippen LogP contribution in [0.2, 0.25) is 0 Å². The van der Waals surface area contributed by atoms with E-state index in [0.717, 1.165) is 35.2 Å². The van der Waals surface area contributed by atoms with E-state index < -0.39 is 10.0 Å². The predicted octanol–water partition coefficient (Wildman–Crippen LogP) is 4.41. The number of benzene rings is 2. The van der Waals surface area contributed by atoms with Gasteiger partial charge in [0.15, 0.2) is 0 Å². The lowest BCUT2D eigenvalue weighted by atomic mass is 10.0. The van der Waals surface area contributed by atoms with Crippen LogP contribution >= 0.6 is 15.9 Å². The minimum atomic E-state index is -3.57. The Hall–Kier alpha value is -1.70. The molecule has 0 unspecified atom stereocenters. The molecule has 0 bridgehead atoms. The second kappa shape index (κ2) is 7.73. The van der Waals surface area contributed by atoms with Gasteiger partial charge in [-0.2, -0.15) is 4.31 Å². The SMILES string of the molecule is Cc1cc(C)c(NC(=O)c2cc(S(=O)(=O)N3CCCC3)ccc2Br)c(C)c1. The summed E-state index contributed by atoms with van der Waals surface area (Å²) in [6.45, 7) is 6.95. The van der Waals surface area contributed by atoms with Gasteiger partial charge in [0, 0.05) is 23.2 Å². The first-order valence-electron chi connectivity index (χ1n) is 8.89. The molecule has 0 aliphatic carbocycles. The van der Waals surface area contributed by atoms with Crippen molar-refractivity contribution < 1.29 is 13.2 Å². The molecule has 0 saturated carbocycles. The smallest absolute Gasteiger partial charge is 0.256 e. The van der Waals surface area contributed by atoms with Gasteiger partial charge in [-0.15, -0.1) is 0 Å². The molecule has 1 amide bonds. The van der Waals surface area contributed by atoms with Gasteiger partial charge in [-0.3, -0.25) is 4.79 Å². The molecule has 7 heteroatoms. The van der Waals surface area contributed by atoms with Crippen molar-refractivity contribution >= 4 is 37.5 Å². The Bertz CT molecular complexity index is 973. The molecule has 0 radical (unpaired) electrons. The first-order valence-corrected chi connectivity index (χ1v) is 11.1. The van der Waals surface area contributed by atoms with Crippen LogP contribution in [-0.2, 0) is 10.0 Å². The molecular formula is C20H23BrN2O3S. The molecule has 5 nitrogen and oxygen atoms in total. The number of anilines is 1. The summed E-state index contributed by atoms with van der Waals surface area (Å²) in [5, 5.41) is 2.93. The summed E-state index contributed by atoms with van der Waals surface area (Å²) in [5.74, 6) is -0.338. The number of amides is 1. The van der Waals surface area contributed by atoms with Crippen LogP contribution in [0.15, 0.2) is 39.7 Å². The van der Waals surface area contributed by atoms with Gasteiger partial charge in [0.25, 0.3) is 5.91 Å². The summed E-state index contributed by atoms with van der Waals surface area (Å²) in [4.78, 5) is 13.0. The number of aryl methyl sites for hydroxylation is 3. The summed E-state index contributed by atoms with van der Waals surface area (Å²) < 4.78 is 27.6. The highest BCUT2D eigenvalue weighted by Crippen LogP contribution is 2.28. The number of sulfonamides is 1. The van der Waals surface area contributed by atoms with Crippen LogP contribution in [0.25, 0.3) is 0 Å². The molecule has 1 saturated heterocycles. The van der Waals surface area contributed by atoms with Crippen molar-refractivity contribution in [2.75, 3.05) is 18.4 Å². The van der Waals surface area contributed by atoms with E-state index in [1.54, 1.807) is 6.07 Å². The van der Waals surface area contributed by atoms with E-state index in [1.807, 2.05) is 32.9 Å². The lowest BCUT2D eigenvalue weighted by molar-refractivity contribution is 0.102. The monoisotopic (exact) mass is 450 g/mol.